The smallest absolute Gasteiger partial charge is 0.325 e. The molecule has 7 N–H and O–H groups in total. The fraction of sp³-hybridized carbons (Fsp3) is 0.379. The summed E-state index contributed by atoms with van der Waals surface area (Å²) >= 11 is 0. The molecule has 0 aromatic heterocycles. The molecule has 2 aromatic rings. The summed E-state index contributed by atoms with van der Waals surface area (Å²) in [5.41, 5.74) is 7.46. The van der Waals surface area contributed by atoms with Gasteiger partial charge in [0.15, 0.2) is 0 Å². The Morgan fingerprint density at radius 2 is 1.77 bits per heavy atom. The Kier molecular flexibility index (Phi) is 9.51. The number of amidine groups is 1. The molecule has 4 rings (SSSR count). The highest BCUT2D eigenvalue weighted by atomic mass is 19.1. The van der Waals surface area contributed by atoms with Gasteiger partial charge in [-0.2, -0.15) is 4.39 Å². The number of urea groups is 1. The summed E-state index contributed by atoms with van der Waals surface area (Å²) in [6.07, 6.45) is -0.448. The molecule has 2 aliphatic rings. The second-order valence-corrected chi connectivity index (χ2v) is 10.7. The van der Waals surface area contributed by atoms with Crippen molar-refractivity contribution in [2.24, 2.45) is 5.73 Å². The lowest BCUT2D eigenvalue weighted by atomic mass is 9.98. The topological polar surface area (TPSA) is 187 Å². The van der Waals surface area contributed by atoms with Crippen LogP contribution in [0.3, 0.4) is 0 Å². The van der Waals surface area contributed by atoms with Gasteiger partial charge in [0, 0.05) is 58.0 Å². The van der Waals surface area contributed by atoms with Crippen molar-refractivity contribution in [1.82, 2.24) is 20.0 Å². The van der Waals surface area contributed by atoms with Crippen molar-refractivity contribution in [2.75, 3.05) is 37.6 Å². The summed E-state index contributed by atoms with van der Waals surface area (Å²) in [6.45, 7) is 6.54. The number of halogens is 1. The summed E-state index contributed by atoms with van der Waals surface area (Å²) in [5.74, 6) is -3.05. The SMILES string of the molecule is CC(C)c1cc(C(=N)N(C(N)=O)c2ccc(CN3CCN(C(=O)CCN4C=C(F)C(=O)NC4O)CC3)cc2)c(O)cc1O. The minimum atomic E-state index is -1.39. The first kappa shape index (κ1) is 31.3. The second-order valence-electron chi connectivity index (χ2n) is 10.7. The van der Waals surface area contributed by atoms with Gasteiger partial charge in [0.05, 0.1) is 11.3 Å². The van der Waals surface area contributed by atoms with Crippen LogP contribution in [0.4, 0.5) is 14.9 Å². The number of benzene rings is 2. The number of phenolic OH excluding ortho intramolecular Hbond substituents is 2. The van der Waals surface area contributed by atoms with Gasteiger partial charge >= 0.3 is 6.03 Å². The van der Waals surface area contributed by atoms with Crippen LogP contribution in [0.15, 0.2) is 48.4 Å². The van der Waals surface area contributed by atoms with Crippen molar-refractivity contribution >= 4 is 29.4 Å². The fourth-order valence-electron chi connectivity index (χ4n) is 5.01. The van der Waals surface area contributed by atoms with E-state index in [4.69, 9.17) is 11.1 Å². The zero-order valence-electron chi connectivity index (χ0n) is 24.0. The molecular formula is C29H36FN7O6. The second kappa shape index (κ2) is 13.1. The van der Waals surface area contributed by atoms with E-state index >= 15 is 0 Å². The van der Waals surface area contributed by atoms with Gasteiger partial charge in [0.25, 0.3) is 5.91 Å². The van der Waals surface area contributed by atoms with E-state index in [1.807, 2.05) is 26.0 Å². The number of aromatic hydroxyl groups is 2. The molecule has 1 saturated heterocycles. The molecule has 1 atom stereocenters. The van der Waals surface area contributed by atoms with Crippen LogP contribution >= 0.6 is 0 Å². The minimum Gasteiger partial charge on any atom is -0.508 e. The Labute approximate surface area is 248 Å². The van der Waals surface area contributed by atoms with Crippen molar-refractivity contribution < 1.29 is 34.1 Å². The van der Waals surface area contributed by atoms with E-state index < -0.39 is 24.1 Å². The van der Waals surface area contributed by atoms with Gasteiger partial charge in [-0.25, -0.2) is 9.69 Å². The molecule has 230 valence electrons. The normalized spacial score (nSPS) is 17.5. The zero-order valence-corrected chi connectivity index (χ0v) is 24.0. The molecular weight excluding hydrogens is 561 g/mol. The van der Waals surface area contributed by atoms with Crippen LogP contribution in [0.5, 0.6) is 11.5 Å². The predicted molar refractivity (Wildman–Crippen MR) is 156 cm³/mol. The molecule has 1 fully saturated rings. The summed E-state index contributed by atoms with van der Waals surface area (Å²) in [5, 5.41) is 41.1. The van der Waals surface area contributed by atoms with Crippen LogP contribution in [-0.2, 0) is 16.1 Å². The number of carbonyl (C=O) groups excluding carboxylic acids is 3. The van der Waals surface area contributed by atoms with Gasteiger partial charge < -0.3 is 36.2 Å². The third-order valence-electron chi connectivity index (χ3n) is 7.45. The van der Waals surface area contributed by atoms with Crippen LogP contribution in [0.1, 0.15) is 42.9 Å². The first-order chi connectivity index (χ1) is 20.3. The molecule has 2 heterocycles. The first-order valence-electron chi connectivity index (χ1n) is 13.8. The quantitative estimate of drug-likeness (QED) is 0.196. The molecule has 13 nitrogen and oxygen atoms in total. The number of aliphatic hydroxyl groups is 1. The Morgan fingerprint density at radius 1 is 1.12 bits per heavy atom. The monoisotopic (exact) mass is 597 g/mol. The van der Waals surface area contributed by atoms with Crippen molar-refractivity contribution in [1.29, 1.82) is 5.41 Å². The van der Waals surface area contributed by atoms with Gasteiger partial charge in [-0.05, 0) is 35.2 Å². The number of anilines is 1. The maximum Gasteiger partial charge on any atom is 0.325 e. The molecule has 2 aromatic carbocycles. The number of phenols is 2. The Balaban J connectivity index is 1.33. The highest BCUT2D eigenvalue weighted by Gasteiger charge is 2.27. The number of hydrogen-bond donors (Lipinski definition) is 6. The van der Waals surface area contributed by atoms with Crippen LogP contribution < -0.4 is 16.0 Å². The number of amides is 4. The maximum absolute atomic E-state index is 13.5. The number of rotatable bonds is 8. The van der Waals surface area contributed by atoms with Gasteiger partial charge in [0.2, 0.25) is 18.1 Å². The molecule has 2 aliphatic heterocycles. The van der Waals surface area contributed by atoms with Crippen molar-refractivity contribution in [3.63, 3.8) is 0 Å². The fourth-order valence-corrected chi connectivity index (χ4v) is 5.01. The average Bonchev–Trinajstić information content (AvgIpc) is 2.95. The van der Waals surface area contributed by atoms with E-state index in [0.717, 1.165) is 27.6 Å². The summed E-state index contributed by atoms with van der Waals surface area (Å²) < 4.78 is 13.5. The Morgan fingerprint density at radius 3 is 2.37 bits per heavy atom. The molecule has 0 saturated carbocycles. The third-order valence-corrected chi connectivity index (χ3v) is 7.45. The third kappa shape index (κ3) is 7.21. The number of piperazine rings is 1. The van der Waals surface area contributed by atoms with E-state index in [1.54, 1.807) is 17.0 Å². The van der Waals surface area contributed by atoms with Crippen molar-refractivity contribution in [3.05, 3.63) is 65.1 Å². The van der Waals surface area contributed by atoms with E-state index in [-0.39, 0.29) is 47.7 Å². The molecule has 43 heavy (non-hydrogen) atoms. The summed E-state index contributed by atoms with van der Waals surface area (Å²) in [6, 6.07) is 8.64. The van der Waals surface area contributed by atoms with E-state index in [0.29, 0.717) is 44.0 Å². The molecule has 1 unspecified atom stereocenters. The number of nitrogens with one attached hydrogen (secondary N) is 2. The average molecular weight is 598 g/mol. The van der Waals surface area contributed by atoms with Crippen LogP contribution in [0.2, 0.25) is 0 Å². The highest BCUT2D eigenvalue weighted by molar-refractivity contribution is 6.22. The first-order valence-corrected chi connectivity index (χ1v) is 13.8. The van der Waals surface area contributed by atoms with Gasteiger partial charge in [-0.15, -0.1) is 0 Å². The van der Waals surface area contributed by atoms with E-state index in [9.17, 15) is 34.1 Å². The molecule has 0 radical (unpaired) electrons. The van der Waals surface area contributed by atoms with Gasteiger partial charge in [0.1, 0.15) is 17.3 Å². The lowest BCUT2D eigenvalue weighted by Gasteiger charge is -2.35. The molecule has 0 spiro atoms. The number of nitrogens with two attached hydrogens (primary N) is 1. The maximum atomic E-state index is 13.5. The molecule has 0 aliphatic carbocycles. The lowest BCUT2D eigenvalue weighted by Crippen LogP contribution is -2.51. The number of nitrogens with zero attached hydrogens (tertiary/aromatic N) is 4. The Hall–Kier alpha value is -4.69. The summed E-state index contributed by atoms with van der Waals surface area (Å²) in [4.78, 5) is 42.3. The largest absolute Gasteiger partial charge is 0.508 e. The zero-order chi connectivity index (χ0) is 31.4. The number of hydrogen-bond acceptors (Lipinski definition) is 9. The number of aliphatic hydroxyl groups excluding tert-OH is 1. The van der Waals surface area contributed by atoms with Crippen molar-refractivity contribution in [3.8, 4) is 11.5 Å². The standard InChI is InChI=1S/C29H36FN7O6/c1-17(2)20-13-21(24(39)14-23(20)38)26(31)37(28(32)42)19-5-3-18(4-6-19)15-34-9-11-35(12-10-34)25(40)7-8-36-16-22(30)27(41)33-29(36)43/h3-6,13-14,16-17,29,31,38-39,43H,7-12,15H2,1-2H3,(H2,32,42)(H,33,41). The predicted octanol–water partition coefficient (Wildman–Crippen LogP) is 1.68. The molecule has 14 heteroatoms. The van der Waals surface area contributed by atoms with Crippen molar-refractivity contribution in [2.45, 2.75) is 39.1 Å². The van der Waals surface area contributed by atoms with Crippen LogP contribution in [0, 0.1) is 5.41 Å². The Bertz CT molecular complexity index is 1420. The summed E-state index contributed by atoms with van der Waals surface area (Å²) in [7, 11) is 0. The number of primary amides is 1. The van der Waals surface area contributed by atoms with Gasteiger partial charge in [-0.3, -0.25) is 19.9 Å². The molecule has 0 bridgehead atoms. The van der Waals surface area contributed by atoms with E-state index in [1.165, 1.54) is 6.07 Å². The van der Waals surface area contributed by atoms with E-state index in [2.05, 4.69) is 10.2 Å². The molecule has 4 amide bonds. The number of carbonyl (C=O) groups is 3. The van der Waals surface area contributed by atoms with Crippen LogP contribution in [-0.4, -0.2) is 92.8 Å². The highest BCUT2D eigenvalue weighted by Crippen LogP contribution is 2.33. The minimum absolute atomic E-state index is 0.0459. The van der Waals surface area contributed by atoms with Crippen LogP contribution in [0.25, 0.3) is 0 Å². The lowest BCUT2D eigenvalue weighted by molar-refractivity contribution is -0.134. The van der Waals surface area contributed by atoms with Gasteiger partial charge in [-0.1, -0.05) is 26.0 Å².